The number of hydrogen-bond acceptors (Lipinski definition) is 7. The van der Waals surface area contributed by atoms with Crippen molar-refractivity contribution in [3.8, 4) is 0 Å². The number of carbonyl (C=O) groups excluding carboxylic acids is 2. The molecule has 0 aromatic carbocycles. The Kier molecular flexibility index (Phi) is 5.85. The van der Waals surface area contributed by atoms with Crippen LogP contribution in [-0.4, -0.2) is 45.7 Å². The molecule has 1 saturated heterocycles. The molecule has 0 amide bonds. The molecule has 0 spiro atoms. The van der Waals surface area contributed by atoms with Crippen LogP contribution < -0.4 is 11.2 Å². The second-order valence-corrected chi connectivity index (χ2v) is 6.78. The number of rotatable bonds is 4. The van der Waals surface area contributed by atoms with E-state index < -0.39 is 53.6 Å². The summed E-state index contributed by atoms with van der Waals surface area (Å²) < 4.78 is 45.0. The second kappa shape index (κ2) is 7.42. The van der Waals surface area contributed by atoms with Crippen LogP contribution in [0.3, 0.4) is 0 Å². The normalized spacial score (nSPS) is 25.5. The van der Waals surface area contributed by atoms with Crippen LogP contribution in [0.25, 0.3) is 0 Å². The fourth-order valence-corrected chi connectivity index (χ4v) is 3.00. The summed E-state index contributed by atoms with van der Waals surface area (Å²) in [6.07, 6.45) is -6.09. The van der Waals surface area contributed by atoms with E-state index >= 15 is 0 Å². The molecular formula is C14H15F2IN2O7. The molecule has 1 N–H and O–H groups in total. The SMILES string of the molecule is CC(=O)OC(C)[C@H]1O[C@@H](n2cc(I)c(=O)[nH]c2=O)C(F)(F)[C@@H]1OC(C)=O. The monoisotopic (exact) mass is 488 g/mol. The molecule has 2 heterocycles. The molecular weight excluding hydrogens is 473 g/mol. The smallest absolute Gasteiger partial charge is 0.331 e. The molecule has 1 fully saturated rings. The molecule has 144 valence electrons. The molecule has 2 rings (SSSR count). The van der Waals surface area contributed by atoms with Gasteiger partial charge in [0.05, 0.1) is 3.57 Å². The number of aromatic amines is 1. The van der Waals surface area contributed by atoms with Crippen LogP contribution in [0.5, 0.6) is 0 Å². The van der Waals surface area contributed by atoms with Gasteiger partial charge in [-0.2, -0.15) is 8.78 Å². The molecule has 0 saturated carbocycles. The standard InChI is InChI=1S/C14H15F2IN2O7/c1-5(24-6(2)20)9-10(25-7(3)21)14(15,16)12(26-9)19-4-8(17)11(22)18-13(19)23/h4-5,9-10,12H,1-3H3,(H,18,22,23)/t5?,9-,10-,12-/m1/s1. The van der Waals surface area contributed by atoms with E-state index in [9.17, 15) is 28.0 Å². The average molecular weight is 488 g/mol. The van der Waals surface area contributed by atoms with Gasteiger partial charge in [-0.15, -0.1) is 0 Å². The lowest BCUT2D eigenvalue weighted by atomic mass is 10.1. The third kappa shape index (κ3) is 3.95. The van der Waals surface area contributed by atoms with Crippen molar-refractivity contribution in [2.75, 3.05) is 0 Å². The van der Waals surface area contributed by atoms with Crippen molar-refractivity contribution < 1.29 is 32.6 Å². The lowest BCUT2D eigenvalue weighted by Crippen LogP contribution is -2.46. The van der Waals surface area contributed by atoms with Crippen molar-refractivity contribution in [1.82, 2.24) is 9.55 Å². The zero-order valence-corrected chi connectivity index (χ0v) is 16.0. The van der Waals surface area contributed by atoms with E-state index in [-0.39, 0.29) is 3.57 Å². The van der Waals surface area contributed by atoms with Crippen LogP contribution in [0, 0.1) is 3.57 Å². The van der Waals surface area contributed by atoms with Gasteiger partial charge in [-0.05, 0) is 29.5 Å². The number of nitrogens with zero attached hydrogens (tertiary/aromatic N) is 1. The van der Waals surface area contributed by atoms with Gasteiger partial charge in [-0.1, -0.05) is 0 Å². The first kappa shape index (κ1) is 20.5. The van der Waals surface area contributed by atoms with Gasteiger partial charge < -0.3 is 14.2 Å². The first-order valence-corrected chi connectivity index (χ1v) is 8.41. The fraction of sp³-hybridized carbons (Fsp3) is 0.571. The summed E-state index contributed by atoms with van der Waals surface area (Å²) in [5.74, 6) is -5.58. The molecule has 1 unspecified atom stereocenters. The largest absolute Gasteiger partial charge is 0.460 e. The van der Waals surface area contributed by atoms with Crippen molar-refractivity contribution in [1.29, 1.82) is 0 Å². The highest BCUT2D eigenvalue weighted by Crippen LogP contribution is 2.45. The van der Waals surface area contributed by atoms with Gasteiger partial charge in [0.25, 0.3) is 5.56 Å². The molecule has 12 heteroatoms. The highest BCUT2D eigenvalue weighted by atomic mass is 127. The van der Waals surface area contributed by atoms with Gasteiger partial charge in [-0.3, -0.25) is 23.9 Å². The summed E-state index contributed by atoms with van der Waals surface area (Å²) in [5, 5.41) is 0. The van der Waals surface area contributed by atoms with Crippen molar-refractivity contribution in [3.63, 3.8) is 0 Å². The van der Waals surface area contributed by atoms with E-state index in [1.807, 2.05) is 4.98 Å². The third-order valence-electron chi connectivity index (χ3n) is 3.58. The Labute approximate surface area is 158 Å². The van der Waals surface area contributed by atoms with Crippen LogP contribution >= 0.6 is 22.6 Å². The summed E-state index contributed by atoms with van der Waals surface area (Å²) in [6.45, 7) is 3.31. The minimum atomic E-state index is -3.84. The van der Waals surface area contributed by atoms with Crippen LogP contribution in [-0.2, 0) is 23.8 Å². The van der Waals surface area contributed by atoms with Gasteiger partial charge in [0.1, 0.15) is 12.2 Å². The molecule has 0 aliphatic carbocycles. The Morgan fingerprint density at radius 1 is 1.35 bits per heavy atom. The Balaban J connectivity index is 2.50. The Morgan fingerprint density at radius 3 is 2.50 bits per heavy atom. The number of hydrogen-bond donors (Lipinski definition) is 1. The van der Waals surface area contributed by atoms with Gasteiger partial charge in [-0.25, -0.2) is 4.79 Å². The summed E-state index contributed by atoms with van der Waals surface area (Å²) in [7, 11) is 0. The number of carbonyl (C=O) groups is 2. The maximum atomic E-state index is 14.9. The number of ether oxygens (including phenoxy) is 3. The zero-order chi connectivity index (χ0) is 19.8. The molecule has 1 aromatic heterocycles. The highest BCUT2D eigenvalue weighted by Gasteiger charge is 2.64. The maximum Gasteiger partial charge on any atom is 0.331 e. The molecule has 1 aromatic rings. The number of esters is 2. The number of aromatic nitrogens is 2. The van der Waals surface area contributed by atoms with E-state index in [1.165, 1.54) is 6.92 Å². The molecule has 9 nitrogen and oxygen atoms in total. The van der Waals surface area contributed by atoms with Crippen LogP contribution in [0.15, 0.2) is 15.8 Å². The van der Waals surface area contributed by atoms with Crippen molar-refractivity contribution in [3.05, 3.63) is 30.6 Å². The lowest BCUT2D eigenvalue weighted by molar-refractivity contribution is -0.176. The van der Waals surface area contributed by atoms with Crippen molar-refractivity contribution >= 4 is 34.5 Å². The Bertz CT molecular complexity index is 837. The van der Waals surface area contributed by atoms with Gasteiger partial charge in [0.15, 0.2) is 6.10 Å². The highest BCUT2D eigenvalue weighted by molar-refractivity contribution is 14.1. The van der Waals surface area contributed by atoms with E-state index in [1.54, 1.807) is 22.6 Å². The lowest BCUT2D eigenvalue weighted by Gasteiger charge is -2.25. The van der Waals surface area contributed by atoms with Gasteiger partial charge >= 0.3 is 23.6 Å². The summed E-state index contributed by atoms with van der Waals surface area (Å²) >= 11 is 1.57. The molecule has 0 radical (unpaired) electrons. The van der Waals surface area contributed by atoms with Gasteiger partial charge in [0, 0.05) is 20.0 Å². The first-order chi connectivity index (χ1) is 11.9. The topological polar surface area (TPSA) is 117 Å². The molecule has 1 aliphatic rings. The van der Waals surface area contributed by atoms with E-state index in [4.69, 9.17) is 14.2 Å². The molecule has 0 bridgehead atoms. The van der Waals surface area contributed by atoms with Crippen LogP contribution in [0.1, 0.15) is 27.0 Å². The first-order valence-electron chi connectivity index (χ1n) is 7.33. The molecule has 1 aliphatic heterocycles. The molecule has 26 heavy (non-hydrogen) atoms. The molecule has 4 atom stereocenters. The quantitative estimate of drug-likeness (QED) is 0.487. The summed E-state index contributed by atoms with van der Waals surface area (Å²) in [4.78, 5) is 47.7. The van der Waals surface area contributed by atoms with Gasteiger partial charge in [0.2, 0.25) is 6.23 Å². The van der Waals surface area contributed by atoms with Crippen molar-refractivity contribution in [2.45, 2.75) is 51.2 Å². The van der Waals surface area contributed by atoms with E-state index in [0.717, 1.165) is 20.0 Å². The van der Waals surface area contributed by atoms with Crippen molar-refractivity contribution in [2.24, 2.45) is 0 Å². The zero-order valence-electron chi connectivity index (χ0n) is 13.8. The second-order valence-electron chi connectivity index (χ2n) is 5.62. The number of alkyl halides is 2. The van der Waals surface area contributed by atoms with Crippen LogP contribution in [0.4, 0.5) is 8.78 Å². The fourth-order valence-electron chi connectivity index (χ4n) is 2.57. The maximum absolute atomic E-state index is 14.9. The minimum Gasteiger partial charge on any atom is -0.460 e. The summed E-state index contributed by atoms with van der Waals surface area (Å²) in [5.41, 5.74) is -1.86. The Hall–Kier alpha value is -1.83. The number of H-pyrrole nitrogens is 1. The predicted octanol–water partition coefficient (Wildman–Crippen LogP) is 0.557. The predicted molar refractivity (Wildman–Crippen MR) is 89.7 cm³/mol. The minimum absolute atomic E-state index is 0.0258. The van der Waals surface area contributed by atoms with Crippen LogP contribution in [0.2, 0.25) is 0 Å². The Morgan fingerprint density at radius 2 is 1.96 bits per heavy atom. The number of nitrogens with one attached hydrogen (secondary N) is 1. The number of halogens is 3. The van der Waals surface area contributed by atoms with E-state index in [2.05, 4.69) is 0 Å². The average Bonchev–Trinajstić information content (AvgIpc) is 2.74. The third-order valence-corrected chi connectivity index (χ3v) is 4.35. The van der Waals surface area contributed by atoms with E-state index in [0.29, 0.717) is 4.57 Å². The summed E-state index contributed by atoms with van der Waals surface area (Å²) in [6, 6.07) is 0.